The van der Waals surface area contributed by atoms with Gasteiger partial charge < -0.3 is 4.74 Å². The molecule has 2 rings (SSSR count). The standard InChI is InChI=1S/C12H20O2/c1-2-3-4-7-12-8-5-6-10(12)9-11(13)14-12/h10H,2-9H2,1H3. The van der Waals surface area contributed by atoms with Gasteiger partial charge >= 0.3 is 5.97 Å². The van der Waals surface area contributed by atoms with Crippen molar-refractivity contribution in [3.63, 3.8) is 0 Å². The lowest BCUT2D eigenvalue weighted by Gasteiger charge is -2.27. The first-order valence-corrected chi connectivity index (χ1v) is 5.99. The number of carbonyl (C=O) groups is 1. The number of fused-ring (bicyclic) bond motifs is 1. The topological polar surface area (TPSA) is 26.3 Å². The highest BCUT2D eigenvalue weighted by atomic mass is 16.6. The second-order valence-corrected chi connectivity index (χ2v) is 4.79. The van der Waals surface area contributed by atoms with Crippen molar-refractivity contribution in [2.24, 2.45) is 5.92 Å². The minimum Gasteiger partial charge on any atom is -0.459 e. The molecule has 2 atom stereocenters. The number of hydrogen-bond donors (Lipinski definition) is 0. The predicted molar refractivity (Wildman–Crippen MR) is 54.9 cm³/mol. The summed E-state index contributed by atoms with van der Waals surface area (Å²) in [6.45, 7) is 2.21. The van der Waals surface area contributed by atoms with E-state index >= 15 is 0 Å². The number of ether oxygens (including phenoxy) is 1. The van der Waals surface area contributed by atoms with Crippen LogP contribution < -0.4 is 0 Å². The van der Waals surface area contributed by atoms with Crippen LogP contribution in [0.25, 0.3) is 0 Å². The van der Waals surface area contributed by atoms with Crippen molar-refractivity contribution in [1.82, 2.24) is 0 Å². The van der Waals surface area contributed by atoms with Crippen molar-refractivity contribution in [3.8, 4) is 0 Å². The third kappa shape index (κ3) is 1.67. The third-order valence-electron chi connectivity index (χ3n) is 3.83. The fraction of sp³-hybridized carbons (Fsp3) is 0.917. The molecule has 2 fully saturated rings. The fourth-order valence-corrected chi connectivity index (χ4v) is 3.06. The normalized spacial score (nSPS) is 35.8. The van der Waals surface area contributed by atoms with E-state index < -0.39 is 0 Å². The van der Waals surface area contributed by atoms with Crippen LogP contribution >= 0.6 is 0 Å². The van der Waals surface area contributed by atoms with Crippen molar-refractivity contribution in [3.05, 3.63) is 0 Å². The molecule has 0 aromatic heterocycles. The Morgan fingerprint density at radius 2 is 2.36 bits per heavy atom. The van der Waals surface area contributed by atoms with Crippen LogP contribution in [0.2, 0.25) is 0 Å². The number of rotatable bonds is 4. The summed E-state index contributed by atoms with van der Waals surface area (Å²) < 4.78 is 5.58. The Kier molecular flexibility index (Phi) is 2.80. The first kappa shape index (κ1) is 10.0. The molecule has 2 heteroatoms. The largest absolute Gasteiger partial charge is 0.459 e. The zero-order valence-electron chi connectivity index (χ0n) is 9.05. The van der Waals surface area contributed by atoms with Gasteiger partial charge in [-0.2, -0.15) is 0 Å². The summed E-state index contributed by atoms with van der Waals surface area (Å²) in [6.07, 6.45) is 9.11. The molecular weight excluding hydrogens is 176 g/mol. The number of unbranched alkanes of at least 4 members (excludes halogenated alkanes) is 2. The highest BCUT2D eigenvalue weighted by molar-refractivity contribution is 5.73. The lowest BCUT2D eigenvalue weighted by Crippen LogP contribution is -2.30. The molecule has 80 valence electrons. The number of hydrogen-bond acceptors (Lipinski definition) is 2. The second kappa shape index (κ2) is 3.92. The summed E-state index contributed by atoms with van der Waals surface area (Å²) in [4.78, 5) is 11.3. The van der Waals surface area contributed by atoms with E-state index in [0.717, 1.165) is 12.8 Å². The first-order chi connectivity index (χ1) is 6.77. The molecule has 1 heterocycles. The quantitative estimate of drug-likeness (QED) is 0.510. The summed E-state index contributed by atoms with van der Waals surface area (Å²) in [5.74, 6) is 0.595. The Morgan fingerprint density at radius 3 is 3.14 bits per heavy atom. The maximum absolute atomic E-state index is 11.3. The van der Waals surface area contributed by atoms with Crippen molar-refractivity contribution >= 4 is 5.97 Å². The van der Waals surface area contributed by atoms with E-state index in [0.29, 0.717) is 12.3 Å². The molecular formula is C12H20O2. The highest BCUT2D eigenvalue weighted by Gasteiger charge is 2.51. The Balaban J connectivity index is 1.94. The molecule has 0 aromatic rings. The molecule has 0 aromatic carbocycles. The molecule has 2 aliphatic rings. The van der Waals surface area contributed by atoms with Crippen molar-refractivity contribution in [2.75, 3.05) is 0 Å². The monoisotopic (exact) mass is 196 g/mol. The fourth-order valence-electron chi connectivity index (χ4n) is 3.06. The molecule has 0 N–H and O–H groups in total. The lowest BCUT2D eigenvalue weighted by molar-refractivity contribution is -0.149. The van der Waals surface area contributed by atoms with Gasteiger partial charge in [0.1, 0.15) is 5.60 Å². The average molecular weight is 196 g/mol. The van der Waals surface area contributed by atoms with Crippen LogP contribution in [0.3, 0.4) is 0 Å². The smallest absolute Gasteiger partial charge is 0.306 e. The van der Waals surface area contributed by atoms with Gasteiger partial charge in [0.2, 0.25) is 0 Å². The Labute approximate surface area is 86.0 Å². The minimum atomic E-state index is -0.0216. The lowest BCUT2D eigenvalue weighted by atomic mass is 9.86. The van der Waals surface area contributed by atoms with Crippen LogP contribution in [-0.2, 0) is 9.53 Å². The van der Waals surface area contributed by atoms with E-state index in [1.54, 1.807) is 0 Å². The zero-order valence-corrected chi connectivity index (χ0v) is 9.05. The number of esters is 1. The van der Waals surface area contributed by atoms with Crippen LogP contribution in [0, 0.1) is 5.92 Å². The van der Waals surface area contributed by atoms with Gasteiger partial charge in [-0.15, -0.1) is 0 Å². The summed E-state index contributed by atoms with van der Waals surface area (Å²) in [7, 11) is 0. The van der Waals surface area contributed by atoms with Crippen LogP contribution in [0.1, 0.15) is 58.3 Å². The van der Waals surface area contributed by atoms with Crippen LogP contribution in [0.5, 0.6) is 0 Å². The van der Waals surface area contributed by atoms with E-state index in [4.69, 9.17) is 4.74 Å². The first-order valence-electron chi connectivity index (χ1n) is 5.99. The van der Waals surface area contributed by atoms with Gasteiger partial charge in [0.05, 0.1) is 6.42 Å². The Morgan fingerprint density at radius 1 is 1.50 bits per heavy atom. The highest BCUT2D eigenvalue weighted by Crippen LogP contribution is 2.48. The molecule has 1 aliphatic carbocycles. The molecule has 1 saturated carbocycles. The summed E-state index contributed by atoms with van der Waals surface area (Å²) in [5.41, 5.74) is -0.0216. The molecule has 0 spiro atoms. The van der Waals surface area contributed by atoms with Crippen LogP contribution in [0.15, 0.2) is 0 Å². The number of carbonyl (C=O) groups excluding carboxylic acids is 1. The van der Waals surface area contributed by atoms with Gasteiger partial charge in [-0.3, -0.25) is 4.79 Å². The maximum Gasteiger partial charge on any atom is 0.306 e. The van der Waals surface area contributed by atoms with Crippen LogP contribution in [0.4, 0.5) is 0 Å². The van der Waals surface area contributed by atoms with Gasteiger partial charge in [0.15, 0.2) is 0 Å². The van der Waals surface area contributed by atoms with Crippen molar-refractivity contribution in [2.45, 2.75) is 63.9 Å². The van der Waals surface area contributed by atoms with E-state index in [9.17, 15) is 4.79 Å². The molecule has 0 bridgehead atoms. The van der Waals surface area contributed by atoms with Gasteiger partial charge in [-0.05, 0) is 32.1 Å². The molecule has 1 saturated heterocycles. The second-order valence-electron chi connectivity index (χ2n) is 4.79. The average Bonchev–Trinajstić information content (AvgIpc) is 2.60. The Hall–Kier alpha value is -0.530. The van der Waals surface area contributed by atoms with Gasteiger partial charge in [0.25, 0.3) is 0 Å². The molecule has 0 radical (unpaired) electrons. The summed E-state index contributed by atoms with van der Waals surface area (Å²) in [6, 6.07) is 0. The van der Waals surface area contributed by atoms with E-state index in [1.807, 2.05) is 0 Å². The van der Waals surface area contributed by atoms with Crippen molar-refractivity contribution < 1.29 is 9.53 Å². The van der Waals surface area contributed by atoms with E-state index in [2.05, 4.69) is 6.92 Å². The van der Waals surface area contributed by atoms with Gasteiger partial charge in [-0.1, -0.05) is 19.8 Å². The summed E-state index contributed by atoms with van der Waals surface area (Å²) >= 11 is 0. The molecule has 1 aliphatic heterocycles. The molecule has 0 amide bonds. The Bertz CT molecular complexity index is 224. The van der Waals surface area contributed by atoms with E-state index in [1.165, 1.54) is 32.1 Å². The van der Waals surface area contributed by atoms with Crippen LogP contribution in [-0.4, -0.2) is 11.6 Å². The molecule has 2 unspecified atom stereocenters. The maximum atomic E-state index is 11.3. The molecule has 14 heavy (non-hydrogen) atoms. The predicted octanol–water partition coefficient (Wildman–Crippen LogP) is 3.05. The van der Waals surface area contributed by atoms with Gasteiger partial charge in [0, 0.05) is 5.92 Å². The zero-order chi connectivity index (χ0) is 10.0. The van der Waals surface area contributed by atoms with Gasteiger partial charge in [-0.25, -0.2) is 0 Å². The SMILES string of the molecule is CCCCCC12CCCC1CC(=O)O2. The third-order valence-corrected chi connectivity index (χ3v) is 3.83. The molecule has 2 nitrogen and oxygen atoms in total. The van der Waals surface area contributed by atoms with E-state index in [-0.39, 0.29) is 11.6 Å². The summed E-state index contributed by atoms with van der Waals surface area (Å²) in [5, 5.41) is 0. The minimum absolute atomic E-state index is 0.0216. The van der Waals surface area contributed by atoms with Crippen molar-refractivity contribution in [1.29, 1.82) is 0 Å².